The average molecular weight is 316 g/mol. The molecule has 0 aliphatic rings. The minimum atomic E-state index is -3.15. The largest absolute Gasteiger partial charge is 0.224 e. The van der Waals surface area contributed by atoms with Gasteiger partial charge >= 0.3 is 0 Å². The smallest absolute Gasteiger partial charge is 0.178 e. The van der Waals surface area contributed by atoms with E-state index < -0.39 is 9.84 Å². The van der Waals surface area contributed by atoms with Crippen LogP contribution in [-0.4, -0.2) is 14.2 Å². The zero-order valence-electron chi connectivity index (χ0n) is 13.4. The van der Waals surface area contributed by atoms with Crippen LogP contribution < -0.4 is 0 Å². The lowest BCUT2D eigenvalue weighted by atomic mass is 10.0. The molecule has 0 aromatic heterocycles. The van der Waals surface area contributed by atoms with Crippen molar-refractivity contribution in [1.82, 2.24) is 0 Å². The molecule has 0 fully saturated rings. The second kappa shape index (κ2) is 7.59. The summed E-state index contributed by atoms with van der Waals surface area (Å²) >= 11 is 0. The van der Waals surface area contributed by atoms with Crippen LogP contribution in [0.1, 0.15) is 38.2 Å². The topological polar surface area (TPSA) is 34.1 Å². The summed E-state index contributed by atoms with van der Waals surface area (Å²) in [5.74, 6) is 0.247. The molecule has 0 unspecified atom stereocenters. The maximum Gasteiger partial charge on any atom is 0.178 e. The van der Waals surface area contributed by atoms with Crippen LogP contribution in [0.15, 0.2) is 53.4 Å². The summed E-state index contributed by atoms with van der Waals surface area (Å²) in [6.07, 6.45) is 3.94. The SMILES string of the molecule is CCCCCCS(=O)(=O)c1ccc(-c2cccc(C)c2)cc1. The molecule has 0 saturated carbocycles. The van der Waals surface area contributed by atoms with Crippen molar-refractivity contribution in [2.45, 2.75) is 44.4 Å². The molecule has 3 heteroatoms. The van der Waals surface area contributed by atoms with Crippen molar-refractivity contribution in [3.8, 4) is 11.1 Å². The monoisotopic (exact) mass is 316 g/mol. The van der Waals surface area contributed by atoms with Gasteiger partial charge in [0.2, 0.25) is 0 Å². The van der Waals surface area contributed by atoms with Gasteiger partial charge in [-0.2, -0.15) is 0 Å². The van der Waals surface area contributed by atoms with Gasteiger partial charge in [0.15, 0.2) is 9.84 Å². The molecule has 118 valence electrons. The van der Waals surface area contributed by atoms with E-state index in [2.05, 4.69) is 26.0 Å². The number of hydrogen-bond acceptors (Lipinski definition) is 2. The standard InChI is InChI=1S/C19H24O2S/c1-3-4-5-6-14-22(20,21)19-12-10-17(11-13-19)18-9-7-8-16(2)15-18/h7-13,15H,3-6,14H2,1-2H3. The Morgan fingerprint density at radius 3 is 2.23 bits per heavy atom. The number of rotatable bonds is 7. The lowest BCUT2D eigenvalue weighted by molar-refractivity contribution is 0.589. The van der Waals surface area contributed by atoms with E-state index in [0.29, 0.717) is 4.90 Å². The quantitative estimate of drug-likeness (QED) is 0.672. The molecule has 2 rings (SSSR count). The van der Waals surface area contributed by atoms with E-state index in [4.69, 9.17) is 0 Å². The highest BCUT2D eigenvalue weighted by Gasteiger charge is 2.13. The molecule has 2 aromatic carbocycles. The lowest BCUT2D eigenvalue weighted by Gasteiger charge is -2.07. The van der Waals surface area contributed by atoms with Crippen LogP contribution >= 0.6 is 0 Å². The first kappa shape index (κ1) is 16.8. The summed E-state index contributed by atoms with van der Waals surface area (Å²) in [5.41, 5.74) is 3.37. The Labute approximate surface area is 134 Å². The van der Waals surface area contributed by atoms with Gasteiger partial charge in [0, 0.05) is 0 Å². The minimum absolute atomic E-state index is 0.247. The van der Waals surface area contributed by atoms with Crippen LogP contribution in [0.3, 0.4) is 0 Å². The van der Waals surface area contributed by atoms with Gasteiger partial charge in [-0.1, -0.05) is 68.1 Å². The van der Waals surface area contributed by atoms with Gasteiger partial charge < -0.3 is 0 Å². The second-order valence-electron chi connectivity index (χ2n) is 5.77. The van der Waals surface area contributed by atoms with Crippen molar-refractivity contribution in [3.63, 3.8) is 0 Å². The van der Waals surface area contributed by atoms with Gasteiger partial charge in [-0.3, -0.25) is 0 Å². The van der Waals surface area contributed by atoms with E-state index in [-0.39, 0.29) is 5.75 Å². The van der Waals surface area contributed by atoms with Crippen molar-refractivity contribution >= 4 is 9.84 Å². The third kappa shape index (κ3) is 4.44. The summed E-state index contributed by atoms with van der Waals surface area (Å²) < 4.78 is 24.6. The number of unbranched alkanes of at least 4 members (excludes halogenated alkanes) is 3. The maximum atomic E-state index is 12.3. The fraction of sp³-hybridized carbons (Fsp3) is 0.368. The van der Waals surface area contributed by atoms with Crippen LogP contribution in [0.5, 0.6) is 0 Å². The molecule has 0 aliphatic carbocycles. The molecule has 0 saturated heterocycles. The van der Waals surface area contributed by atoms with Crippen LogP contribution in [0.4, 0.5) is 0 Å². The van der Waals surface area contributed by atoms with E-state index in [0.717, 1.165) is 36.8 Å². The van der Waals surface area contributed by atoms with Gasteiger partial charge in [-0.05, 0) is 36.6 Å². The van der Waals surface area contributed by atoms with Gasteiger partial charge in [-0.15, -0.1) is 0 Å². The molecule has 0 amide bonds. The van der Waals surface area contributed by atoms with E-state index >= 15 is 0 Å². The highest BCUT2D eigenvalue weighted by molar-refractivity contribution is 7.91. The Kier molecular flexibility index (Phi) is 5.78. The van der Waals surface area contributed by atoms with Gasteiger partial charge in [0.05, 0.1) is 10.6 Å². The van der Waals surface area contributed by atoms with Gasteiger partial charge in [0.25, 0.3) is 0 Å². The van der Waals surface area contributed by atoms with E-state index in [1.807, 2.05) is 24.3 Å². The number of hydrogen-bond donors (Lipinski definition) is 0. The fourth-order valence-electron chi connectivity index (χ4n) is 2.52. The predicted octanol–water partition coefficient (Wildman–Crippen LogP) is 5.02. The third-order valence-corrected chi connectivity index (χ3v) is 5.65. The molecular formula is C19H24O2S. The molecule has 22 heavy (non-hydrogen) atoms. The summed E-state index contributed by atoms with van der Waals surface area (Å²) in [6.45, 7) is 4.18. The highest BCUT2D eigenvalue weighted by atomic mass is 32.2. The van der Waals surface area contributed by atoms with Crippen LogP contribution in [0, 0.1) is 6.92 Å². The minimum Gasteiger partial charge on any atom is -0.224 e. The normalized spacial score (nSPS) is 11.5. The van der Waals surface area contributed by atoms with E-state index in [9.17, 15) is 8.42 Å². The van der Waals surface area contributed by atoms with E-state index in [1.165, 1.54) is 5.56 Å². The molecule has 0 radical (unpaired) electrons. The zero-order valence-corrected chi connectivity index (χ0v) is 14.2. The first-order valence-electron chi connectivity index (χ1n) is 7.93. The first-order chi connectivity index (χ1) is 10.5. The molecule has 0 spiro atoms. The van der Waals surface area contributed by atoms with Crippen molar-refractivity contribution in [3.05, 3.63) is 54.1 Å². The summed E-state index contributed by atoms with van der Waals surface area (Å²) in [7, 11) is -3.15. The molecule has 0 atom stereocenters. The van der Waals surface area contributed by atoms with Gasteiger partial charge in [-0.25, -0.2) is 8.42 Å². The highest BCUT2D eigenvalue weighted by Crippen LogP contribution is 2.23. The van der Waals surface area contributed by atoms with Crippen molar-refractivity contribution in [1.29, 1.82) is 0 Å². The van der Waals surface area contributed by atoms with Gasteiger partial charge in [0.1, 0.15) is 0 Å². The Morgan fingerprint density at radius 1 is 0.864 bits per heavy atom. The predicted molar refractivity (Wildman–Crippen MR) is 92.8 cm³/mol. The maximum absolute atomic E-state index is 12.3. The Morgan fingerprint density at radius 2 is 1.59 bits per heavy atom. The zero-order chi connectivity index (χ0) is 16.0. The van der Waals surface area contributed by atoms with E-state index in [1.54, 1.807) is 12.1 Å². The second-order valence-corrected chi connectivity index (χ2v) is 7.88. The summed E-state index contributed by atoms with van der Waals surface area (Å²) in [4.78, 5) is 0.431. The molecule has 0 aliphatic heterocycles. The van der Waals surface area contributed by atoms with Crippen LogP contribution in [0.2, 0.25) is 0 Å². The van der Waals surface area contributed by atoms with Crippen LogP contribution in [0.25, 0.3) is 11.1 Å². The van der Waals surface area contributed by atoms with Crippen molar-refractivity contribution < 1.29 is 8.42 Å². The summed E-state index contributed by atoms with van der Waals surface area (Å²) in [5, 5.41) is 0. The molecule has 0 bridgehead atoms. The lowest BCUT2D eigenvalue weighted by Crippen LogP contribution is -2.06. The third-order valence-electron chi connectivity index (χ3n) is 3.83. The molecule has 2 aromatic rings. The average Bonchev–Trinajstić information content (AvgIpc) is 2.52. The number of aryl methyl sites for hydroxylation is 1. The molecule has 0 heterocycles. The van der Waals surface area contributed by atoms with Crippen molar-refractivity contribution in [2.24, 2.45) is 0 Å². The number of benzene rings is 2. The van der Waals surface area contributed by atoms with Crippen molar-refractivity contribution in [2.75, 3.05) is 5.75 Å². The van der Waals surface area contributed by atoms with Crippen LogP contribution in [-0.2, 0) is 9.84 Å². The number of sulfone groups is 1. The Balaban J connectivity index is 2.11. The fourth-order valence-corrected chi connectivity index (χ4v) is 3.89. The molecule has 0 N–H and O–H groups in total. The summed E-state index contributed by atoms with van der Waals surface area (Å²) in [6, 6.07) is 15.5. The first-order valence-corrected chi connectivity index (χ1v) is 9.58. The Bertz CT molecular complexity index is 700. The molecule has 2 nitrogen and oxygen atoms in total. The Hall–Kier alpha value is -1.61. The molecular weight excluding hydrogens is 292 g/mol.